The van der Waals surface area contributed by atoms with Crippen LogP contribution in [0, 0.1) is 6.92 Å². The number of thiazole rings is 1. The minimum atomic E-state index is 0.178. The van der Waals surface area contributed by atoms with Crippen molar-refractivity contribution >= 4 is 11.3 Å². The molecule has 0 amide bonds. The van der Waals surface area contributed by atoms with Gasteiger partial charge in [-0.1, -0.05) is 0 Å². The van der Waals surface area contributed by atoms with E-state index in [4.69, 9.17) is 0 Å². The molecule has 0 unspecified atom stereocenters. The minimum Gasteiger partial charge on any atom is -0.306 e. The molecule has 2 nitrogen and oxygen atoms in total. The van der Waals surface area contributed by atoms with Crippen LogP contribution in [0.2, 0.25) is 0 Å². The van der Waals surface area contributed by atoms with E-state index in [1.54, 1.807) is 11.3 Å². The van der Waals surface area contributed by atoms with Crippen LogP contribution < -0.4 is 5.32 Å². The van der Waals surface area contributed by atoms with Gasteiger partial charge in [-0.3, -0.25) is 0 Å². The number of nitrogens with zero attached hydrogens (tertiary/aromatic N) is 1. The fourth-order valence-corrected chi connectivity index (χ4v) is 1.46. The zero-order valence-electron chi connectivity index (χ0n) is 8.14. The number of aromatic nitrogens is 1. The molecule has 0 saturated carbocycles. The molecule has 1 rings (SSSR count). The van der Waals surface area contributed by atoms with Crippen molar-refractivity contribution in [3.63, 3.8) is 0 Å². The first-order valence-electron chi connectivity index (χ1n) is 4.13. The minimum absolute atomic E-state index is 0.178. The van der Waals surface area contributed by atoms with Gasteiger partial charge >= 0.3 is 0 Å². The van der Waals surface area contributed by atoms with Gasteiger partial charge in [-0.05, 0) is 27.7 Å². The highest BCUT2D eigenvalue weighted by Crippen LogP contribution is 2.09. The Balaban J connectivity index is 2.44. The molecule has 0 aromatic carbocycles. The molecule has 68 valence electrons. The Morgan fingerprint density at radius 3 is 2.58 bits per heavy atom. The molecule has 0 saturated heterocycles. The van der Waals surface area contributed by atoms with Crippen molar-refractivity contribution in [3.8, 4) is 0 Å². The van der Waals surface area contributed by atoms with E-state index in [0.29, 0.717) is 0 Å². The van der Waals surface area contributed by atoms with E-state index in [0.717, 1.165) is 17.2 Å². The smallest absolute Gasteiger partial charge is 0.0897 e. The third-order valence-electron chi connectivity index (χ3n) is 1.47. The highest BCUT2D eigenvalue weighted by Gasteiger charge is 2.08. The molecule has 1 aromatic heterocycles. The Bertz CT molecular complexity index is 247. The molecule has 1 heterocycles. The number of aryl methyl sites for hydroxylation is 1. The first-order chi connectivity index (χ1) is 5.47. The van der Waals surface area contributed by atoms with Gasteiger partial charge in [0.15, 0.2) is 0 Å². The molecular formula is C9H16N2S. The summed E-state index contributed by atoms with van der Waals surface area (Å²) in [7, 11) is 0. The summed E-state index contributed by atoms with van der Waals surface area (Å²) in [4.78, 5) is 4.37. The average Bonchev–Trinajstić information content (AvgIpc) is 2.30. The van der Waals surface area contributed by atoms with Crippen LogP contribution in [0.1, 0.15) is 31.5 Å². The van der Waals surface area contributed by atoms with Gasteiger partial charge in [0.05, 0.1) is 10.7 Å². The summed E-state index contributed by atoms with van der Waals surface area (Å²) in [6.45, 7) is 9.38. The van der Waals surface area contributed by atoms with Gasteiger partial charge in [0.2, 0.25) is 0 Å². The van der Waals surface area contributed by atoms with E-state index < -0.39 is 0 Å². The molecule has 3 heteroatoms. The largest absolute Gasteiger partial charge is 0.306 e. The third kappa shape index (κ3) is 3.32. The van der Waals surface area contributed by atoms with Crippen molar-refractivity contribution in [2.24, 2.45) is 0 Å². The Kier molecular flexibility index (Phi) is 2.85. The van der Waals surface area contributed by atoms with Crippen LogP contribution in [0.4, 0.5) is 0 Å². The van der Waals surface area contributed by atoms with Crippen LogP contribution in [0.25, 0.3) is 0 Å². The van der Waals surface area contributed by atoms with E-state index >= 15 is 0 Å². The normalized spacial score (nSPS) is 12.0. The maximum absolute atomic E-state index is 4.37. The lowest BCUT2D eigenvalue weighted by molar-refractivity contribution is 0.421. The Morgan fingerprint density at radius 2 is 2.17 bits per heavy atom. The predicted molar refractivity (Wildman–Crippen MR) is 53.4 cm³/mol. The number of rotatable bonds is 2. The first-order valence-corrected chi connectivity index (χ1v) is 5.01. The van der Waals surface area contributed by atoms with Gasteiger partial charge in [-0.2, -0.15) is 0 Å². The molecule has 1 aromatic rings. The lowest BCUT2D eigenvalue weighted by Gasteiger charge is -2.19. The fourth-order valence-electron chi connectivity index (χ4n) is 0.845. The fraction of sp³-hybridized carbons (Fsp3) is 0.667. The van der Waals surface area contributed by atoms with E-state index in [2.05, 4.69) is 36.5 Å². The summed E-state index contributed by atoms with van der Waals surface area (Å²) in [5, 5.41) is 6.64. The maximum Gasteiger partial charge on any atom is 0.0897 e. The Hall–Kier alpha value is -0.410. The van der Waals surface area contributed by atoms with Crippen LogP contribution in [-0.4, -0.2) is 10.5 Å². The standard InChI is InChI=1S/C9H16N2S/c1-7-11-8(6-12-7)5-10-9(2,3)4/h6,10H,5H2,1-4H3. The zero-order valence-corrected chi connectivity index (χ0v) is 8.96. The summed E-state index contributed by atoms with van der Waals surface area (Å²) in [5.41, 5.74) is 1.32. The topological polar surface area (TPSA) is 24.9 Å². The lowest BCUT2D eigenvalue weighted by Crippen LogP contribution is -2.35. The molecule has 1 N–H and O–H groups in total. The van der Waals surface area contributed by atoms with Crippen LogP contribution in [0.5, 0.6) is 0 Å². The SMILES string of the molecule is Cc1nc(CNC(C)(C)C)cs1. The van der Waals surface area contributed by atoms with Gasteiger partial charge in [-0.25, -0.2) is 4.98 Å². The van der Waals surface area contributed by atoms with Gasteiger partial charge in [0.1, 0.15) is 0 Å². The molecule has 0 aliphatic rings. The van der Waals surface area contributed by atoms with Crippen molar-refractivity contribution < 1.29 is 0 Å². The molecule has 12 heavy (non-hydrogen) atoms. The maximum atomic E-state index is 4.37. The van der Waals surface area contributed by atoms with Crippen molar-refractivity contribution in [2.45, 2.75) is 39.8 Å². The van der Waals surface area contributed by atoms with E-state index in [-0.39, 0.29) is 5.54 Å². The second kappa shape index (κ2) is 3.54. The van der Waals surface area contributed by atoms with Gasteiger partial charge in [0, 0.05) is 17.5 Å². The number of hydrogen-bond donors (Lipinski definition) is 1. The third-order valence-corrected chi connectivity index (χ3v) is 2.29. The Labute approximate surface area is 78.0 Å². The zero-order chi connectivity index (χ0) is 9.19. The second-order valence-corrected chi connectivity index (χ2v) is 5.02. The van der Waals surface area contributed by atoms with E-state index in [1.165, 1.54) is 0 Å². The molecule has 0 bridgehead atoms. The van der Waals surface area contributed by atoms with Crippen LogP contribution in [-0.2, 0) is 6.54 Å². The first kappa shape index (κ1) is 9.68. The van der Waals surface area contributed by atoms with Gasteiger partial charge in [-0.15, -0.1) is 11.3 Å². The monoisotopic (exact) mass is 184 g/mol. The molecule has 0 radical (unpaired) electrons. The summed E-state index contributed by atoms with van der Waals surface area (Å²) >= 11 is 1.70. The van der Waals surface area contributed by atoms with Crippen LogP contribution >= 0.6 is 11.3 Å². The molecule has 0 aliphatic carbocycles. The number of hydrogen-bond acceptors (Lipinski definition) is 3. The summed E-state index contributed by atoms with van der Waals surface area (Å²) in [6.07, 6.45) is 0. The highest BCUT2D eigenvalue weighted by molar-refractivity contribution is 7.09. The number of nitrogens with one attached hydrogen (secondary N) is 1. The van der Waals surface area contributed by atoms with Crippen molar-refractivity contribution in [1.29, 1.82) is 0 Å². The van der Waals surface area contributed by atoms with E-state index in [9.17, 15) is 0 Å². The van der Waals surface area contributed by atoms with Crippen molar-refractivity contribution in [2.75, 3.05) is 0 Å². The average molecular weight is 184 g/mol. The molecule has 0 aliphatic heterocycles. The molecule has 0 atom stereocenters. The van der Waals surface area contributed by atoms with Crippen molar-refractivity contribution in [1.82, 2.24) is 10.3 Å². The quantitative estimate of drug-likeness (QED) is 0.763. The summed E-state index contributed by atoms with van der Waals surface area (Å²) in [6, 6.07) is 0. The molecule has 0 fully saturated rings. The lowest BCUT2D eigenvalue weighted by atomic mass is 10.1. The van der Waals surface area contributed by atoms with Gasteiger partial charge < -0.3 is 5.32 Å². The van der Waals surface area contributed by atoms with Gasteiger partial charge in [0.25, 0.3) is 0 Å². The summed E-state index contributed by atoms with van der Waals surface area (Å²) in [5.74, 6) is 0. The van der Waals surface area contributed by atoms with Crippen LogP contribution in [0.15, 0.2) is 5.38 Å². The summed E-state index contributed by atoms with van der Waals surface area (Å²) < 4.78 is 0. The highest BCUT2D eigenvalue weighted by atomic mass is 32.1. The van der Waals surface area contributed by atoms with Crippen LogP contribution in [0.3, 0.4) is 0 Å². The molecular weight excluding hydrogens is 168 g/mol. The van der Waals surface area contributed by atoms with E-state index in [1.807, 2.05) is 6.92 Å². The second-order valence-electron chi connectivity index (χ2n) is 3.96. The molecule has 0 spiro atoms. The Morgan fingerprint density at radius 1 is 1.50 bits per heavy atom. The van der Waals surface area contributed by atoms with Crippen molar-refractivity contribution in [3.05, 3.63) is 16.1 Å². The predicted octanol–water partition coefficient (Wildman–Crippen LogP) is 2.34.